The van der Waals surface area contributed by atoms with Crippen molar-refractivity contribution < 1.29 is 4.79 Å². The van der Waals surface area contributed by atoms with Gasteiger partial charge in [-0.2, -0.15) is 0 Å². The lowest BCUT2D eigenvalue weighted by Gasteiger charge is -2.59. The van der Waals surface area contributed by atoms with Crippen LogP contribution in [0.5, 0.6) is 0 Å². The SMILES string of the molecule is CC(NC(=O)C1CCC1)C12CC3CC(CC(C3)C1)C2. The normalized spacial score (nSPS) is 45.8. The Bertz CT molecular complexity index is 349. The van der Waals surface area contributed by atoms with Crippen LogP contribution in [0, 0.1) is 29.1 Å². The van der Waals surface area contributed by atoms with Crippen LogP contribution in [0.4, 0.5) is 0 Å². The summed E-state index contributed by atoms with van der Waals surface area (Å²) in [5.41, 5.74) is 0.466. The van der Waals surface area contributed by atoms with Crippen molar-refractivity contribution in [1.82, 2.24) is 5.32 Å². The average molecular weight is 261 g/mol. The van der Waals surface area contributed by atoms with Crippen molar-refractivity contribution >= 4 is 5.91 Å². The van der Waals surface area contributed by atoms with Gasteiger partial charge in [0.25, 0.3) is 0 Å². The van der Waals surface area contributed by atoms with Gasteiger partial charge in [0.1, 0.15) is 0 Å². The smallest absolute Gasteiger partial charge is 0.223 e. The topological polar surface area (TPSA) is 29.1 Å². The summed E-state index contributed by atoms with van der Waals surface area (Å²) in [6.07, 6.45) is 12.2. The van der Waals surface area contributed by atoms with Gasteiger partial charge < -0.3 is 5.32 Å². The minimum absolute atomic E-state index is 0.344. The van der Waals surface area contributed by atoms with Crippen molar-refractivity contribution in [3.8, 4) is 0 Å². The maximum Gasteiger partial charge on any atom is 0.223 e. The highest BCUT2D eigenvalue weighted by Gasteiger charge is 2.53. The molecule has 0 aromatic rings. The predicted octanol–water partition coefficient (Wildman–Crippen LogP) is 3.51. The van der Waals surface area contributed by atoms with Gasteiger partial charge in [0.15, 0.2) is 0 Å². The number of amides is 1. The molecule has 2 heteroatoms. The molecule has 0 heterocycles. The first kappa shape index (κ1) is 12.2. The molecule has 106 valence electrons. The first-order valence-corrected chi connectivity index (χ1v) is 8.45. The van der Waals surface area contributed by atoms with Crippen molar-refractivity contribution in [2.75, 3.05) is 0 Å². The predicted molar refractivity (Wildman–Crippen MR) is 75.6 cm³/mol. The lowest BCUT2D eigenvalue weighted by Crippen LogP contribution is -2.56. The van der Waals surface area contributed by atoms with Crippen LogP contribution in [0.15, 0.2) is 0 Å². The summed E-state index contributed by atoms with van der Waals surface area (Å²) in [5.74, 6) is 3.64. The quantitative estimate of drug-likeness (QED) is 0.827. The van der Waals surface area contributed by atoms with Gasteiger partial charge in [-0.15, -0.1) is 0 Å². The summed E-state index contributed by atoms with van der Waals surface area (Å²) in [6, 6.07) is 0.411. The van der Waals surface area contributed by atoms with E-state index in [2.05, 4.69) is 12.2 Å². The lowest BCUT2D eigenvalue weighted by atomic mass is 9.48. The third-order valence-electron chi connectivity index (χ3n) is 6.84. The summed E-state index contributed by atoms with van der Waals surface area (Å²) >= 11 is 0. The molecular formula is C17H27NO. The number of hydrogen-bond acceptors (Lipinski definition) is 1. The fourth-order valence-electron chi connectivity index (χ4n) is 5.86. The molecular weight excluding hydrogens is 234 g/mol. The Morgan fingerprint density at radius 2 is 1.58 bits per heavy atom. The molecule has 5 saturated carbocycles. The van der Waals surface area contributed by atoms with Crippen molar-refractivity contribution in [3.63, 3.8) is 0 Å². The first-order chi connectivity index (χ1) is 9.14. The van der Waals surface area contributed by atoms with Gasteiger partial charge in [-0.25, -0.2) is 0 Å². The minimum Gasteiger partial charge on any atom is -0.353 e. The molecule has 0 aromatic heterocycles. The standard InChI is InChI=1S/C17H27NO/c1-11(18-16(19)15-3-2-4-15)17-8-12-5-13(9-17)7-14(6-12)10-17/h11-15H,2-10H2,1H3,(H,18,19). The van der Waals surface area contributed by atoms with Crippen LogP contribution < -0.4 is 5.32 Å². The minimum atomic E-state index is 0.344. The van der Waals surface area contributed by atoms with Gasteiger partial charge in [-0.3, -0.25) is 4.79 Å². The molecule has 5 rings (SSSR count). The zero-order valence-corrected chi connectivity index (χ0v) is 12.2. The number of nitrogens with one attached hydrogen (secondary N) is 1. The van der Waals surface area contributed by atoms with Crippen LogP contribution in [0.2, 0.25) is 0 Å². The molecule has 0 aromatic carbocycles. The van der Waals surface area contributed by atoms with Gasteiger partial charge in [0, 0.05) is 12.0 Å². The molecule has 0 aliphatic heterocycles. The molecule has 5 fully saturated rings. The average Bonchev–Trinajstić information content (AvgIpc) is 2.24. The molecule has 4 bridgehead atoms. The second kappa shape index (κ2) is 4.23. The molecule has 0 saturated heterocycles. The lowest BCUT2D eigenvalue weighted by molar-refractivity contribution is -0.132. The Hall–Kier alpha value is -0.530. The Morgan fingerprint density at radius 3 is 2.00 bits per heavy atom. The largest absolute Gasteiger partial charge is 0.353 e. The molecule has 1 amide bonds. The van der Waals surface area contributed by atoms with E-state index in [0.29, 0.717) is 23.3 Å². The third-order valence-corrected chi connectivity index (χ3v) is 6.84. The van der Waals surface area contributed by atoms with E-state index in [0.717, 1.165) is 30.6 Å². The maximum atomic E-state index is 12.2. The molecule has 1 N–H and O–H groups in total. The number of rotatable bonds is 3. The van der Waals surface area contributed by atoms with Crippen LogP contribution in [-0.4, -0.2) is 11.9 Å². The van der Waals surface area contributed by atoms with Crippen molar-refractivity contribution in [1.29, 1.82) is 0 Å². The van der Waals surface area contributed by atoms with Crippen LogP contribution >= 0.6 is 0 Å². The zero-order valence-electron chi connectivity index (χ0n) is 12.2. The summed E-state index contributed by atoms with van der Waals surface area (Å²) in [5, 5.41) is 3.40. The molecule has 19 heavy (non-hydrogen) atoms. The fourth-order valence-corrected chi connectivity index (χ4v) is 5.86. The number of hydrogen-bond donors (Lipinski definition) is 1. The third kappa shape index (κ3) is 1.94. The van der Waals surface area contributed by atoms with Crippen molar-refractivity contribution in [3.05, 3.63) is 0 Å². The van der Waals surface area contributed by atoms with Gasteiger partial charge in [0.05, 0.1) is 0 Å². The fraction of sp³-hybridized carbons (Fsp3) is 0.941. The highest BCUT2D eigenvalue weighted by Crippen LogP contribution is 2.61. The van der Waals surface area contributed by atoms with Crippen molar-refractivity contribution in [2.45, 2.75) is 70.8 Å². The first-order valence-electron chi connectivity index (χ1n) is 8.45. The Morgan fingerprint density at radius 1 is 1.05 bits per heavy atom. The van der Waals surface area contributed by atoms with Crippen LogP contribution in [-0.2, 0) is 4.79 Å². The van der Waals surface area contributed by atoms with Gasteiger partial charge in [-0.05, 0) is 81.5 Å². The summed E-state index contributed by atoms with van der Waals surface area (Å²) in [6.45, 7) is 2.30. The summed E-state index contributed by atoms with van der Waals surface area (Å²) < 4.78 is 0. The van der Waals surface area contributed by atoms with E-state index in [4.69, 9.17) is 0 Å². The van der Waals surface area contributed by atoms with E-state index in [1.54, 1.807) is 0 Å². The van der Waals surface area contributed by atoms with Gasteiger partial charge >= 0.3 is 0 Å². The second-order valence-corrected chi connectivity index (χ2v) is 8.14. The maximum absolute atomic E-state index is 12.2. The summed E-state index contributed by atoms with van der Waals surface area (Å²) in [7, 11) is 0. The molecule has 5 aliphatic rings. The number of carbonyl (C=O) groups is 1. The number of carbonyl (C=O) groups excluding carboxylic acids is 1. The molecule has 2 nitrogen and oxygen atoms in total. The van der Waals surface area contributed by atoms with Crippen LogP contribution in [0.25, 0.3) is 0 Å². The van der Waals surface area contributed by atoms with E-state index in [1.165, 1.54) is 44.9 Å². The molecule has 1 unspecified atom stereocenters. The van der Waals surface area contributed by atoms with Crippen molar-refractivity contribution in [2.24, 2.45) is 29.1 Å². The van der Waals surface area contributed by atoms with E-state index >= 15 is 0 Å². The highest BCUT2D eigenvalue weighted by molar-refractivity contribution is 5.79. The molecule has 0 radical (unpaired) electrons. The second-order valence-electron chi connectivity index (χ2n) is 8.14. The van der Waals surface area contributed by atoms with Gasteiger partial charge in [-0.1, -0.05) is 6.42 Å². The Balaban J connectivity index is 1.46. The van der Waals surface area contributed by atoms with Crippen LogP contribution in [0.1, 0.15) is 64.7 Å². The van der Waals surface area contributed by atoms with E-state index in [-0.39, 0.29) is 0 Å². The van der Waals surface area contributed by atoms with E-state index in [1.807, 2.05) is 0 Å². The van der Waals surface area contributed by atoms with E-state index < -0.39 is 0 Å². The Kier molecular flexibility index (Phi) is 2.72. The molecule has 5 aliphatic carbocycles. The van der Waals surface area contributed by atoms with Gasteiger partial charge in [0.2, 0.25) is 5.91 Å². The Labute approximate surface area is 116 Å². The molecule has 1 atom stereocenters. The van der Waals surface area contributed by atoms with E-state index in [9.17, 15) is 4.79 Å². The summed E-state index contributed by atoms with van der Waals surface area (Å²) in [4.78, 5) is 12.2. The molecule has 0 spiro atoms. The zero-order chi connectivity index (χ0) is 13.0. The highest BCUT2D eigenvalue weighted by atomic mass is 16.2. The van der Waals surface area contributed by atoms with Crippen LogP contribution in [0.3, 0.4) is 0 Å². The monoisotopic (exact) mass is 261 g/mol.